The van der Waals surface area contributed by atoms with E-state index in [-0.39, 0.29) is 25.0 Å². The molecule has 48 heavy (non-hydrogen) atoms. The van der Waals surface area contributed by atoms with Gasteiger partial charge < -0.3 is 36.3 Å². The number of rotatable bonds is 6. The second-order valence-electron chi connectivity index (χ2n) is 12.3. The Bertz CT molecular complexity index is 1810. The number of hydrogen-bond donors (Lipinski definition) is 6. The van der Waals surface area contributed by atoms with Gasteiger partial charge in [-0.3, -0.25) is 24.0 Å². The molecule has 2 aliphatic rings. The standard InChI is InChI=1S/C36H38N6O6/c43-25-14-12-23(13-15-25)18-30-36(48)42-16-6-11-31(42)35(47)41-29(19-24-20-37-27-10-5-4-9-26(24)27)34(46)40-28(17-22-7-2-1-3-8-22)33(45)38-21-32(44)39-30/h1-5,7-10,12-15,20,28-31,37,43H,6,11,16-19,21H2,(H,38,45)(H,39,44)(H,40,46)(H,41,47)/t28-,29-,30+,31-/m0/s1. The SMILES string of the molecule is O=C1CNC(=O)[C@H](Cc2ccccc2)NC(=O)[C@H](Cc2c[nH]c3ccccc23)NC(=O)[C@@H]2CCCN2C(=O)[C@@H](Cc2ccc(O)cc2)N1. The highest BCUT2D eigenvalue weighted by Crippen LogP contribution is 2.23. The van der Waals surface area contributed by atoms with Gasteiger partial charge in [-0.25, -0.2) is 0 Å². The lowest BCUT2D eigenvalue weighted by atomic mass is 10.0. The molecule has 248 valence electrons. The Balaban J connectivity index is 1.33. The van der Waals surface area contributed by atoms with Crippen LogP contribution in [0.15, 0.2) is 85.1 Å². The van der Waals surface area contributed by atoms with Crippen LogP contribution in [0.3, 0.4) is 0 Å². The minimum atomic E-state index is -1.07. The van der Waals surface area contributed by atoms with Crippen LogP contribution in [0.2, 0.25) is 0 Å². The molecule has 0 aliphatic carbocycles. The maximum absolute atomic E-state index is 14.0. The van der Waals surface area contributed by atoms with Crippen molar-refractivity contribution in [1.82, 2.24) is 31.2 Å². The minimum Gasteiger partial charge on any atom is -0.508 e. The molecule has 6 rings (SSSR count). The quantitative estimate of drug-likeness (QED) is 0.185. The number of aromatic amines is 1. The number of phenolic OH excluding ortho intramolecular Hbond substituents is 1. The van der Waals surface area contributed by atoms with Crippen molar-refractivity contribution in [2.45, 2.75) is 56.3 Å². The number of amides is 5. The first kappa shape index (κ1) is 32.3. The van der Waals surface area contributed by atoms with E-state index in [0.717, 1.165) is 22.0 Å². The molecule has 0 spiro atoms. The van der Waals surface area contributed by atoms with Crippen molar-refractivity contribution in [3.8, 4) is 5.75 Å². The Morgan fingerprint density at radius 3 is 2.15 bits per heavy atom. The number of para-hydroxylation sites is 1. The normalized spacial score (nSPS) is 22.6. The van der Waals surface area contributed by atoms with Crippen LogP contribution in [-0.2, 0) is 43.2 Å². The van der Waals surface area contributed by atoms with Crippen LogP contribution in [0, 0.1) is 0 Å². The van der Waals surface area contributed by atoms with Crippen molar-refractivity contribution >= 4 is 40.4 Å². The van der Waals surface area contributed by atoms with Gasteiger partial charge in [0.1, 0.15) is 29.9 Å². The third-order valence-electron chi connectivity index (χ3n) is 8.92. The van der Waals surface area contributed by atoms with Crippen molar-refractivity contribution in [1.29, 1.82) is 0 Å². The summed E-state index contributed by atoms with van der Waals surface area (Å²) in [5.41, 5.74) is 3.15. The molecule has 0 radical (unpaired) electrons. The average molecular weight is 651 g/mol. The maximum Gasteiger partial charge on any atom is 0.246 e. The molecule has 3 heterocycles. The van der Waals surface area contributed by atoms with Crippen LogP contribution in [-0.4, -0.2) is 81.8 Å². The van der Waals surface area contributed by atoms with Gasteiger partial charge in [-0.15, -0.1) is 0 Å². The van der Waals surface area contributed by atoms with Crippen LogP contribution in [0.1, 0.15) is 29.5 Å². The molecule has 0 unspecified atom stereocenters. The number of benzene rings is 3. The van der Waals surface area contributed by atoms with Gasteiger partial charge in [-0.2, -0.15) is 0 Å². The van der Waals surface area contributed by atoms with E-state index in [1.165, 1.54) is 17.0 Å². The zero-order chi connectivity index (χ0) is 33.6. The van der Waals surface area contributed by atoms with Gasteiger partial charge in [0.15, 0.2) is 0 Å². The number of nitrogens with zero attached hydrogens (tertiary/aromatic N) is 1. The van der Waals surface area contributed by atoms with Gasteiger partial charge in [0, 0.05) is 42.9 Å². The summed E-state index contributed by atoms with van der Waals surface area (Å²) in [6.45, 7) is -0.132. The Hall–Kier alpha value is -5.65. The summed E-state index contributed by atoms with van der Waals surface area (Å²) < 4.78 is 0. The fourth-order valence-corrected chi connectivity index (χ4v) is 6.44. The Labute approximate surface area is 277 Å². The number of carbonyl (C=O) groups excluding carboxylic acids is 5. The largest absolute Gasteiger partial charge is 0.508 e. The molecule has 12 heteroatoms. The molecule has 12 nitrogen and oxygen atoms in total. The Morgan fingerprint density at radius 1 is 0.688 bits per heavy atom. The fraction of sp³-hybridized carbons (Fsp3) is 0.306. The monoisotopic (exact) mass is 650 g/mol. The van der Waals surface area contributed by atoms with E-state index in [2.05, 4.69) is 26.3 Å². The van der Waals surface area contributed by atoms with Crippen molar-refractivity contribution in [3.05, 3.63) is 102 Å². The van der Waals surface area contributed by atoms with E-state index < -0.39 is 60.2 Å². The highest BCUT2D eigenvalue weighted by Gasteiger charge is 2.39. The summed E-state index contributed by atoms with van der Waals surface area (Å²) in [6.07, 6.45) is 3.12. The zero-order valence-electron chi connectivity index (χ0n) is 26.3. The summed E-state index contributed by atoms with van der Waals surface area (Å²) in [7, 11) is 0. The van der Waals surface area contributed by atoms with Crippen molar-refractivity contribution < 1.29 is 29.1 Å². The van der Waals surface area contributed by atoms with Crippen molar-refractivity contribution in [2.75, 3.05) is 13.1 Å². The van der Waals surface area contributed by atoms with Gasteiger partial charge in [-0.05, 0) is 47.7 Å². The van der Waals surface area contributed by atoms with Crippen LogP contribution >= 0.6 is 0 Å². The van der Waals surface area contributed by atoms with Crippen LogP contribution < -0.4 is 21.3 Å². The zero-order valence-corrected chi connectivity index (χ0v) is 26.3. The number of aromatic nitrogens is 1. The molecule has 6 N–H and O–H groups in total. The Kier molecular flexibility index (Phi) is 9.70. The second kappa shape index (κ2) is 14.4. The number of carbonyl (C=O) groups is 5. The molecule has 2 fully saturated rings. The number of H-pyrrole nitrogens is 1. The van der Waals surface area contributed by atoms with Gasteiger partial charge in [-0.1, -0.05) is 60.7 Å². The molecule has 4 aromatic rings. The maximum atomic E-state index is 14.0. The first-order chi connectivity index (χ1) is 23.2. The Morgan fingerprint density at radius 2 is 1.35 bits per heavy atom. The molecule has 3 aromatic carbocycles. The summed E-state index contributed by atoms with van der Waals surface area (Å²) in [5.74, 6) is -2.63. The second-order valence-corrected chi connectivity index (χ2v) is 12.3. The average Bonchev–Trinajstić information content (AvgIpc) is 3.75. The molecule has 0 bridgehead atoms. The van der Waals surface area contributed by atoms with E-state index in [4.69, 9.17) is 0 Å². The van der Waals surface area contributed by atoms with Gasteiger partial charge in [0.05, 0.1) is 6.54 Å². The number of nitrogens with one attached hydrogen (secondary N) is 5. The van der Waals surface area contributed by atoms with Crippen molar-refractivity contribution in [2.24, 2.45) is 0 Å². The van der Waals surface area contributed by atoms with Gasteiger partial charge in [0.2, 0.25) is 29.5 Å². The summed E-state index contributed by atoms with van der Waals surface area (Å²) in [6, 6.07) is 19.1. The number of hydrogen-bond acceptors (Lipinski definition) is 6. The van der Waals surface area contributed by atoms with Gasteiger partial charge >= 0.3 is 0 Å². The summed E-state index contributed by atoms with van der Waals surface area (Å²) in [5, 5.41) is 21.7. The van der Waals surface area contributed by atoms with Crippen LogP contribution in [0.4, 0.5) is 0 Å². The smallest absolute Gasteiger partial charge is 0.246 e. The molecule has 2 saturated heterocycles. The number of aromatic hydroxyl groups is 1. The minimum absolute atomic E-state index is 0.0607. The van der Waals surface area contributed by atoms with Gasteiger partial charge in [0.25, 0.3) is 0 Å². The van der Waals surface area contributed by atoms with E-state index in [1.54, 1.807) is 18.3 Å². The molecule has 4 atom stereocenters. The first-order valence-corrected chi connectivity index (χ1v) is 16.1. The van der Waals surface area contributed by atoms with E-state index in [9.17, 15) is 29.1 Å². The molecule has 1 aromatic heterocycles. The van der Waals surface area contributed by atoms with E-state index >= 15 is 0 Å². The number of phenols is 1. The van der Waals surface area contributed by atoms with E-state index in [1.807, 2.05) is 54.6 Å². The lowest BCUT2D eigenvalue weighted by molar-refractivity contribution is -0.142. The first-order valence-electron chi connectivity index (χ1n) is 16.1. The fourth-order valence-electron chi connectivity index (χ4n) is 6.44. The third kappa shape index (κ3) is 7.49. The molecule has 2 aliphatic heterocycles. The third-order valence-corrected chi connectivity index (χ3v) is 8.92. The molecule has 5 amide bonds. The highest BCUT2D eigenvalue weighted by atomic mass is 16.3. The predicted octanol–water partition coefficient (Wildman–Crippen LogP) is 1.48. The van der Waals surface area contributed by atoms with Crippen LogP contribution in [0.25, 0.3) is 10.9 Å². The summed E-state index contributed by atoms with van der Waals surface area (Å²) >= 11 is 0. The lowest BCUT2D eigenvalue weighted by Gasteiger charge is -2.30. The molecule has 0 saturated carbocycles. The van der Waals surface area contributed by atoms with Crippen LogP contribution in [0.5, 0.6) is 5.75 Å². The predicted molar refractivity (Wildman–Crippen MR) is 177 cm³/mol. The highest BCUT2D eigenvalue weighted by molar-refractivity contribution is 5.98. The molecular formula is C36H38N6O6. The topological polar surface area (TPSA) is 173 Å². The summed E-state index contributed by atoms with van der Waals surface area (Å²) in [4.78, 5) is 73.3. The molecular weight excluding hydrogens is 612 g/mol. The number of fused-ring (bicyclic) bond motifs is 2. The lowest BCUT2D eigenvalue weighted by Crippen LogP contribution is -2.58. The van der Waals surface area contributed by atoms with Crippen molar-refractivity contribution in [3.63, 3.8) is 0 Å². The van der Waals surface area contributed by atoms with E-state index in [0.29, 0.717) is 24.9 Å².